The molecule has 0 aromatic heterocycles. The molecule has 9 heavy (non-hydrogen) atoms. The fraction of sp³-hybridized carbons (Fsp3) is 1.00. The van der Waals surface area contributed by atoms with Gasteiger partial charge >= 0.3 is 0 Å². The van der Waals surface area contributed by atoms with Crippen molar-refractivity contribution in [3.8, 4) is 0 Å². The van der Waals surface area contributed by atoms with Crippen LogP contribution in [0.5, 0.6) is 0 Å². The van der Waals surface area contributed by atoms with Crippen LogP contribution in [0.3, 0.4) is 0 Å². The third-order valence-electron chi connectivity index (χ3n) is 0.727. The van der Waals surface area contributed by atoms with Crippen LogP contribution in [0.1, 0.15) is 13.8 Å². The summed E-state index contributed by atoms with van der Waals surface area (Å²) in [6.07, 6.45) is 0. The summed E-state index contributed by atoms with van der Waals surface area (Å²) in [6.45, 7) is 3.75. The Morgan fingerprint density at radius 2 is 2.11 bits per heavy atom. The molecule has 0 aromatic carbocycles. The first-order valence-corrected chi connectivity index (χ1v) is 6.65. The summed E-state index contributed by atoms with van der Waals surface area (Å²) >= 11 is 1.39. The molecule has 0 amide bonds. The van der Waals surface area contributed by atoms with Crippen molar-refractivity contribution >= 4 is 18.0 Å². The van der Waals surface area contributed by atoms with E-state index in [0.717, 1.165) is 5.75 Å². The lowest BCUT2D eigenvalue weighted by Gasteiger charge is -2.08. The number of rotatable bonds is 4. The molecule has 0 aromatic rings. The molecule has 0 radical (unpaired) electrons. The number of hydrogen-bond acceptors (Lipinski definition) is 3. The van der Waals surface area contributed by atoms with Crippen LogP contribution in [0.4, 0.5) is 0 Å². The Morgan fingerprint density at radius 3 is 2.44 bits per heavy atom. The van der Waals surface area contributed by atoms with Gasteiger partial charge in [0.1, 0.15) is 0 Å². The molecule has 0 rings (SSSR count). The molecule has 56 valence electrons. The average molecular weight is 168 g/mol. The van der Waals surface area contributed by atoms with Gasteiger partial charge in [-0.05, 0) is 12.7 Å². The molecular weight excluding hydrogens is 155 g/mol. The van der Waals surface area contributed by atoms with Crippen molar-refractivity contribution < 1.29 is 9.09 Å². The predicted octanol–water partition coefficient (Wildman–Crippen LogP) is 2.60. The molecule has 1 atom stereocenters. The summed E-state index contributed by atoms with van der Waals surface area (Å²) < 4.78 is 16.1. The van der Waals surface area contributed by atoms with Crippen LogP contribution < -0.4 is 0 Å². The molecule has 0 heterocycles. The zero-order valence-electron chi connectivity index (χ0n) is 6.09. The van der Waals surface area contributed by atoms with Crippen molar-refractivity contribution in [3.05, 3.63) is 0 Å². The second kappa shape index (κ2) is 4.37. The summed E-state index contributed by atoms with van der Waals surface area (Å²) in [6, 6.07) is 0. The maximum Gasteiger partial charge on any atom is 0.254 e. The van der Waals surface area contributed by atoms with Gasteiger partial charge in [-0.1, -0.05) is 18.3 Å². The molecule has 0 aliphatic carbocycles. The van der Waals surface area contributed by atoms with E-state index < -0.39 is 6.57 Å². The number of hydrogen-bond donors (Lipinski definition) is 0. The second-order valence-electron chi connectivity index (χ2n) is 1.61. The molecule has 0 saturated carbocycles. The van der Waals surface area contributed by atoms with Crippen molar-refractivity contribution in [1.29, 1.82) is 0 Å². The van der Waals surface area contributed by atoms with Crippen LogP contribution >= 0.6 is 18.0 Å². The first-order chi connectivity index (χ1) is 4.12. The Bertz CT molecular complexity index is 106. The molecule has 0 saturated heterocycles. The van der Waals surface area contributed by atoms with Gasteiger partial charge in [0.2, 0.25) is 0 Å². The zero-order chi connectivity index (χ0) is 7.33. The van der Waals surface area contributed by atoms with Crippen LogP contribution in [0.25, 0.3) is 0 Å². The minimum Gasteiger partial charge on any atom is -0.322 e. The molecule has 0 bridgehead atoms. The van der Waals surface area contributed by atoms with E-state index in [1.54, 1.807) is 6.66 Å². The lowest BCUT2D eigenvalue weighted by molar-refractivity contribution is 0.350. The Hall–Kier alpha value is 0.540. The van der Waals surface area contributed by atoms with E-state index >= 15 is 0 Å². The first kappa shape index (κ1) is 9.54. The molecule has 0 fully saturated rings. The Labute approximate surface area is 60.6 Å². The summed E-state index contributed by atoms with van der Waals surface area (Å²) in [5.41, 5.74) is 0. The Kier molecular flexibility index (Phi) is 4.63. The summed E-state index contributed by atoms with van der Waals surface area (Å²) in [5, 5.41) is 0. The lowest BCUT2D eigenvalue weighted by Crippen LogP contribution is -1.83. The van der Waals surface area contributed by atoms with Crippen molar-refractivity contribution in [3.63, 3.8) is 0 Å². The van der Waals surface area contributed by atoms with E-state index in [0.29, 0.717) is 6.61 Å². The molecule has 0 spiro atoms. The van der Waals surface area contributed by atoms with Crippen molar-refractivity contribution in [2.24, 2.45) is 0 Å². The highest BCUT2D eigenvalue weighted by Gasteiger charge is 2.12. The van der Waals surface area contributed by atoms with Gasteiger partial charge in [-0.2, -0.15) is 0 Å². The molecular formula is C5H13O2PS. The zero-order valence-corrected chi connectivity index (χ0v) is 7.80. The molecule has 0 unspecified atom stereocenters. The summed E-state index contributed by atoms with van der Waals surface area (Å²) in [4.78, 5) is 0. The highest BCUT2D eigenvalue weighted by atomic mass is 32.7. The van der Waals surface area contributed by atoms with Crippen LogP contribution in [0.2, 0.25) is 0 Å². The fourth-order valence-corrected chi connectivity index (χ4v) is 3.47. The highest BCUT2D eigenvalue weighted by Crippen LogP contribution is 2.55. The molecule has 2 nitrogen and oxygen atoms in total. The van der Waals surface area contributed by atoms with Gasteiger partial charge in [-0.15, -0.1) is 0 Å². The van der Waals surface area contributed by atoms with Crippen LogP contribution in [-0.4, -0.2) is 19.0 Å². The largest absolute Gasteiger partial charge is 0.322 e. The second-order valence-corrected chi connectivity index (χ2v) is 7.01. The fourth-order valence-electron chi connectivity index (χ4n) is 0.506. The van der Waals surface area contributed by atoms with Gasteiger partial charge in [-0.3, -0.25) is 4.57 Å². The van der Waals surface area contributed by atoms with Gasteiger partial charge in [0, 0.05) is 6.66 Å². The third-order valence-corrected chi connectivity index (χ3v) is 4.68. The quantitative estimate of drug-likeness (QED) is 0.603. The monoisotopic (exact) mass is 168 g/mol. The van der Waals surface area contributed by atoms with Gasteiger partial charge in [0.05, 0.1) is 6.61 Å². The van der Waals surface area contributed by atoms with E-state index in [-0.39, 0.29) is 0 Å². The SMILES string of the molecule is CCO[P@@](C)(=O)SCC. The topological polar surface area (TPSA) is 26.3 Å². The normalized spacial score (nSPS) is 17.2. The van der Waals surface area contributed by atoms with Gasteiger partial charge in [-0.25, -0.2) is 0 Å². The Morgan fingerprint density at radius 1 is 1.56 bits per heavy atom. The predicted molar refractivity (Wildman–Crippen MR) is 43.3 cm³/mol. The molecule has 0 aliphatic heterocycles. The standard InChI is InChI=1S/C5H13O2PS/c1-4-7-8(3,6)9-5-2/h4-5H2,1-3H3/t8-/m1/s1. The van der Waals surface area contributed by atoms with Crippen molar-refractivity contribution in [2.45, 2.75) is 13.8 Å². The van der Waals surface area contributed by atoms with E-state index in [2.05, 4.69) is 0 Å². The van der Waals surface area contributed by atoms with Gasteiger partial charge < -0.3 is 4.52 Å². The highest BCUT2D eigenvalue weighted by molar-refractivity contribution is 8.56. The molecule has 0 aliphatic rings. The van der Waals surface area contributed by atoms with Crippen molar-refractivity contribution in [1.82, 2.24) is 0 Å². The van der Waals surface area contributed by atoms with Crippen LogP contribution in [-0.2, 0) is 9.09 Å². The first-order valence-electron chi connectivity index (χ1n) is 2.99. The van der Waals surface area contributed by atoms with E-state index in [9.17, 15) is 4.57 Å². The maximum atomic E-state index is 11.2. The minimum absolute atomic E-state index is 0.542. The van der Waals surface area contributed by atoms with E-state index in [4.69, 9.17) is 4.52 Å². The van der Waals surface area contributed by atoms with Crippen LogP contribution in [0.15, 0.2) is 0 Å². The third kappa shape index (κ3) is 5.01. The van der Waals surface area contributed by atoms with E-state index in [1.165, 1.54) is 11.4 Å². The minimum atomic E-state index is -2.28. The van der Waals surface area contributed by atoms with Gasteiger partial charge in [0.15, 0.2) is 0 Å². The molecule has 0 N–H and O–H groups in total. The van der Waals surface area contributed by atoms with Crippen molar-refractivity contribution in [2.75, 3.05) is 19.0 Å². The lowest BCUT2D eigenvalue weighted by atomic mass is 10.9. The summed E-state index contributed by atoms with van der Waals surface area (Å²) in [7, 11) is 0. The smallest absolute Gasteiger partial charge is 0.254 e. The van der Waals surface area contributed by atoms with Gasteiger partial charge in [0.25, 0.3) is 6.57 Å². The summed E-state index contributed by atoms with van der Waals surface area (Å²) in [5.74, 6) is 0.855. The molecule has 4 heteroatoms. The average Bonchev–Trinajstić information content (AvgIpc) is 1.64. The maximum absolute atomic E-state index is 11.2. The Balaban J connectivity index is 3.58. The van der Waals surface area contributed by atoms with Crippen LogP contribution in [0, 0.1) is 0 Å². The van der Waals surface area contributed by atoms with E-state index in [1.807, 2.05) is 13.8 Å².